The Morgan fingerprint density at radius 3 is 2.34 bits per heavy atom. The second-order valence-electron chi connectivity index (χ2n) is 11.0. The van der Waals surface area contributed by atoms with Gasteiger partial charge in [-0.25, -0.2) is 19.1 Å². The van der Waals surface area contributed by atoms with Crippen LogP contribution in [-0.4, -0.2) is 61.6 Å². The number of hydrogen-bond donors (Lipinski definition) is 1. The molecule has 10 nitrogen and oxygen atoms in total. The number of fused-ring (bicyclic) bond motifs is 1. The van der Waals surface area contributed by atoms with Crippen LogP contribution in [0.25, 0.3) is 5.65 Å². The van der Waals surface area contributed by atoms with Crippen LogP contribution in [0.15, 0.2) is 42.6 Å². The molecule has 38 heavy (non-hydrogen) atoms. The van der Waals surface area contributed by atoms with Crippen molar-refractivity contribution in [1.29, 1.82) is 0 Å². The van der Waals surface area contributed by atoms with Crippen molar-refractivity contribution in [2.75, 3.05) is 18.0 Å². The Balaban J connectivity index is 1.79. The fraction of sp³-hybridized carbons (Fsp3) is 0.500. The fourth-order valence-electron chi connectivity index (χ4n) is 4.57. The van der Waals surface area contributed by atoms with Crippen LogP contribution >= 0.6 is 0 Å². The highest BCUT2D eigenvalue weighted by Crippen LogP contribution is 2.35. The number of piperidine rings is 1. The van der Waals surface area contributed by atoms with Crippen molar-refractivity contribution in [3.63, 3.8) is 0 Å². The summed E-state index contributed by atoms with van der Waals surface area (Å²) in [6, 6.07) is 11.1. The van der Waals surface area contributed by atoms with E-state index in [4.69, 9.17) is 14.6 Å². The van der Waals surface area contributed by atoms with Gasteiger partial charge in [0.2, 0.25) is 5.88 Å². The van der Waals surface area contributed by atoms with Crippen molar-refractivity contribution in [3.8, 4) is 5.88 Å². The zero-order valence-electron chi connectivity index (χ0n) is 22.9. The van der Waals surface area contributed by atoms with Crippen LogP contribution in [0.3, 0.4) is 0 Å². The maximum Gasteiger partial charge on any atom is 0.415 e. The van der Waals surface area contributed by atoms with Crippen molar-refractivity contribution in [1.82, 2.24) is 19.5 Å². The van der Waals surface area contributed by atoms with Crippen LogP contribution in [0.2, 0.25) is 0 Å². The Morgan fingerprint density at radius 1 is 1.11 bits per heavy atom. The van der Waals surface area contributed by atoms with Crippen LogP contribution in [-0.2, 0) is 4.74 Å². The van der Waals surface area contributed by atoms with E-state index in [0.29, 0.717) is 43.1 Å². The van der Waals surface area contributed by atoms with Gasteiger partial charge in [-0.05, 0) is 39.2 Å². The zero-order chi connectivity index (χ0) is 27.6. The molecule has 3 aromatic rings. The summed E-state index contributed by atoms with van der Waals surface area (Å²) in [5.41, 5.74) is 2.16. The summed E-state index contributed by atoms with van der Waals surface area (Å²) in [7, 11) is 0. The molecule has 1 aliphatic heterocycles. The number of benzene rings is 1. The van der Waals surface area contributed by atoms with Crippen molar-refractivity contribution < 1.29 is 24.2 Å². The molecule has 0 saturated carbocycles. The summed E-state index contributed by atoms with van der Waals surface area (Å²) in [6.45, 7) is 12.4. The monoisotopic (exact) mass is 523 g/mol. The smallest absolute Gasteiger partial charge is 0.415 e. The number of nitrogens with zero attached hydrogens (tertiary/aromatic N) is 5. The molecule has 0 spiro atoms. The van der Waals surface area contributed by atoms with E-state index in [1.54, 1.807) is 21.7 Å². The molecule has 1 N–H and O–H groups in total. The number of anilines is 1. The SMILES string of the molecule is CC(C)c1cnc2c(N(C(=O)OC(C)(C)C)C(C)c3ccccc3)cc(OC3CCN(C(=O)O)CC3)nn12. The Bertz CT molecular complexity index is 1280. The van der Waals surface area contributed by atoms with Gasteiger partial charge in [-0.1, -0.05) is 44.2 Å². The van der Waals surface area contributed by atoms with E-state index in [2.05, 4.69) is 18.8 Å². The third-order valence-electron chi connectivity index (χ3n) is 6.56. The van der Waals surface area contributed by atoms with Gasteiger partial charge in [0, 0.05) is 32.0 Å². The van der Waals surface area contributed by atoms with E-state index in [9.17, 15) is 14.7 Å². The molecule has 0 aliphatic carbocycles. The average molecular weight is 524 g/mol. The minimum Gasteiger partial charge on any atom is -0.473 e. The largest absolute Gasteiger partial charge is 0.473 e. The third kappa shape index (κ3) is 6.00. The Labute approximate surface area is 223 Å². The first-order chi connectivity index (χ1) is 17.9. The summed E-state index contributed by atoms with van der Waals surface area (Å²) < 4.78 is 13.9. The first kappa shape index (κ1) is 27.2. The number of carbonyl (C=O) groups is 2. The number of likely N-dealkylation sites (tertiary alicyclic amines) is 1. The molecule has 0 bridgehead atoms. The van der Waals surface area contributed by atoms with Gasteiger partial charge in [0.1, 0.15) is 11.7 Å². The molecule has 1 atom stereocenters. The molecule has 0 radical (unpaired) electrons. The lowest BCUT2D eigenvalue weighted by molar-refractivity contribution is 0.0567. The lowest BCUT2D eigenvalue weighted by Crippen LogP contribution is -2.41. The third-order valence-corrected chi connectivity index (χ3v) is 6.56. The van der Waals surface area contributed by atoms with Gasteiger partial charge in [0.05, 0.1) is 23.6 Å². The molecule has 1 aromatic carbocycles. The highest BCUT2D eigenvalue weighted by molar-refractivity contribution is 5.93. The predicted molar refractivity (Wildman–Crippen MR) is 144 cm³/mol. The molecule has 10 heteroatoms. The van der Waals surface area contributed by atoms with Gasteiger partial charge in [0.15, 0.2) is 5.65 Å². The summed E-state index contributed by atoms with van der Waals surface area (Å²) in [4.78, 5) is 32.7. The lowest BCUT2D eigenvalue weighted by atomic mass is 10.1. The summed E-state index contributed by atoms with van der Waals surface area (Å²) in [6.07, 6.45) is 1.25. The molecular formula is C28H37N5O5. The second kappa shape index (κ2) is 10.9. The van der Waals surface area contributed by atoms with E-state index < -0.39 is 17.8 Å². The first-order valence-corrected chi connectivity index (χ1v) is 13.0. The lowest BCUT2D eigenvalue weighted by Gasteiger charge is -2.33. The predicted octanol–water partition coefficient (Wildman–Crippen LogP) is 5.88. The van der Waals surface area contributed by atoms with Crippen LogP contribution in [0.1, 0.15) is 77.6 Å². The Hall–Kier alpha value is -3.82. The number of hydrogen-bond acceptors (Lipinski definition) is 6. The second-order valence-corrected chi connectivity index (χ2v) is 11.0. The zero-order valence-corrected chi connectivity index (χ0v) is 22.9. The van der Waals surface area contributed by atoms with Crippen molar-refractivity contribution in [2.24, 2.45) is 0 Å². The van der Waals surface area contributed by atoms with Gasteiger partial charge >= 0.3 is 12.2 Å². The number of rotatable bonds is 6. The Morgan fingerprint density at radius 2 is 1.76 bits per heavy atom. The molecule has 2 amide bonds. The average Bonchev–Trinajstić information content (AvgIpc) is 3.28. The summed E-state index contributed by atoms with van der Waals surface area (Å²) in [5, 5.41) is 14.0. The molecular weight excluding hydrogens is 486 g/mol. The van der Waals surface area contributed by atoms with Crippen molar-refractivity contribution in [2.45, 2.75) is 78.0 Å². The molecule has 1 saturated heterocycles. The molecule has 1 fully saturated rings. The number of carbonyl (C=O) groups excluding carboxylic acids is 1. The molecule has 1 unspecified atom stereocenters. The fourth-order valence-corrected chi connectivity index (χ4v) is 4.57. The van der Waals surface area contributed by atoms with Crippen molar-refractivity contribution >= 4 is 23.5 Å². The number of carboxylic acid groups (broad SMARTS) is 1. The van der Waals surface area contributed by atoms with Gasteiger partial charge in [-0.15, -0.1) is 5.10 Å². The normalized spacial score (nSPS) is 15.5. The van der Waals surface area contributed by atoms with E-state index in [1.165, 1.54) is 4.90 Å². The van der Waals surface area contributed by atoms with Crippen LogP contribution in [0.4, 0.5) is 15.3 Å². The molecule has 204 valence electrons. The first-order valence-electron chi connectivity index (χ1n) is 13.0. The Kier molecular flexibility index (Phi) is 7.80. The molecule has 3 heterocycles. The highest BCUT2D eigenvalue weighted by atomic mass is 16.6. The summed E-state index contributed by atoms with van der Waals surface area (Å²) >= 11 is 0. The minimum atomic E-state index is -0.923. The van der Waals surface area contributed by atoms with Gasteiger partial charge in [0.25, 0.3) is 0 Å². The topological polar surface area (TPSA) is 110 Å². The highest BCUT2D eigenvalue weighted by Gasteiger charge is 2.32. The summed E-state index contributed by atoms with van der Waals surface area (Å²) in [5.74, 6) is 0.468. The van der Waals surface area contributed by atoms with Crippen molar-refractivity contribution in [3.05, 3.63) is 53.9 Å². The van der Waals surface area contributed by atoms with Crippen LogP contribution in [0, 0.1) is 0 Å². The van der Waals surface area contributed by atoms with Gasteiger partial charge in [-0.2, -0.15) is 0 Å². The maximum absolute atomic E-state index is 13.7. The van der Waals surface area contributed by atoms with Gasteiger partial charge < -0.3 is 19.5 Å². The minimum absolute atomic E-state index is 0.126. The van der Waals surface area contributed by atoms with E-state index >= 15 is 0 Å². The quantitative estimate of drug-likeness (QED) is 0.430. The number of amides is 2. The maximum atomic E-state index is 13.7. The number of imidazole rings is 1. The standard InChI is InChI=1S/C28H37N5O5/c1-18(2)23-17-29-25-22(16-24(30-33(23)25)37-21-12-14-31(15-13-21)26(34)35)32(27(36)38-28(4,5)6)19(3)20-10-8-7-9-11-20/h7-11,16-19,21H,12-15H2,1-6H3,(H,34,35). The number of ether oxygens (including phenoxy) is 2. The van der Waals surface area contributed by atoms with E-state index in [-0.39, 0.29) is 18.1 Å². The number of aromatic nitrogens is 3. The van der Waals surface area contributed by atoms with Gasteiger partial charge in [-0.3, -0.25) is 4.90 Å². The van der Waals surface area contributed by atoms with E-state index in [0.717, 1.165) is 11.3 Å². The van der Waals surface area contributed by atoms with E-state index in [1.807, 2.05) is 58.0 Å². The molecule has 4 rings (SSSR count). The van der Waals surface area contributed by atoms with Crippen LogP contribution in [0.5, 0.6) is 5.88 Å². The molecule has 1 aliphatic rings. The molecule has 2 aromatic heterocycles. The van der Waals surface area contributed by atoms with Crippen LogP contribution < -0.4 is 9.64 Å².